The Morgan fingerprint density at radius 3 is 2.22 bits per heavy atom. The van der Waals surface area contributed by atoms with Crippen LogP contribution in [0.4, 0.5) is 0 Å². The fourth-order valence-electron chi connectivity index (χ4n) is 3.65. The van der Waals surface area contributed by atoms with E-state index in [1.165, 1.54) is 0 Å². The zero-order valence-electron chi connectivity index (χ0n) is 17.4. The van der Waals surface area contributed by atoms with Crippen molar-refractivity contribution < 1.29 is 9.53 Å². The van der Waals surface area contributed by atoms with Crippen molar-refractivity contribution >= 4 is 40.7 Å². The molecule has 1 heterocycles. The first-order valence-electron chi connectivity index (χ1n) is 10.4. The molecular formula is C25H23Cl3N2O2. The highest BCUT2D eigenvalue weighted by atomic mass is 35.5. The maximum atomic E-state index is 12.9. The number of piperazine rings is 1. The van der Waals surface area contributed by atoms with E-state index in [-0.39, 0.29) is 5.91 Å². The Hall–Kier alpha value is -2.24. The number of hydrogen-bond donors (Lipinski definition) is 0. The fourth-order valence-corrected chi connectivity index (χ4v) is 4.16. The smallest absolute Gasteiger partial charge is 0.253 e. The van der Waals surface area contributed by atoms with Gasteiger partial charge in [0.15, 0.2) is 0 Å². The molecule has 0 bridgehead atoms. The van der Waals surface area contributed by atoms with Crippen LogP contribution in [0.3, 0.4) is 0 Å². The van der Waals surface area contributed by atoms with Gasteiger partial charge in [0.2, 0.25) is 0 Å². The van der Waals surface area contributed by atoms with Gasteiger partial charge in [0.05, 0.1) is 10.0 Å². The van der Waals surface area contributed by atoms with E-state index in [4.69, 9.17) is 39.5 Å². The van der Waals surface area contributed by atoms with Crippen LogP contribution in [0.1, 0.15) is 21.5 Å². The molecule has 1 aliphatic rings. The molecule has 4 rings (SSSR count). The van der Waals surface area contributed by atoms with Gasteiger partial charge in [0.25, 0.3) is 5.91 Å². The van der Waals surface area contributed by atoms with Gasteiger partial charge < -0.3 is 9.64 Å². The molecule has 4 nitrogen and oxygen atoms in total. The molecule has 0 unspecified atom stereocenters. The van der Waals surface area contributed by atoms with Gasteiger partial charge in [0.1, 0.15) is 12.4 Å². The number of rotatable bonds is 6. The molecule has 0 aromatic heterocycles. The van der Waals surface area contributed by atoms with Crippen LogP contribution in [0.25, 0.3) is 0 Å². The van der Waals surface area contributed by atoms with Crippen molar-refractivity contribution in [3.8, 4) is 5.75 Å². The maximum absolute atomic E-state index is 12.9. The van der Waals surface area contributed by atoms with Gasteiger partial charge in [-0.15, -0.1) is 0 Å². The van der Waals surface area contributed by atoms with Crippen molar-refractivity contribution in [3.05, 3.63) is 98.5 Å². The van der Waals surface area contributed by atoms with Gasteiger partial charge in [0, 0.05) is 43.3 Å². The SMILES string of the molecule is O=C(c1ccc(COc2cccc(Cl)c2)cc1)N1CCN(Cc2ccc(Cl)c(Cl)c2)CC1. The van der Waals surface area contributed by atoms with E-state index in [0.29, 0.717) is 40.3 Å². The van der Waals surface area contributed by atoms with Gasteiger partial charge in [-0.3, -0.25) is 9.69 Å². The third kappa shape index (κ3) is 5.96. The van der Waals surface area contributed by atoms with Crippen LogP contribution in [-0.2, 0) is 13.2 Å². The monoisotopic (exact) mass is 488 g/mol. The van der Waals surface area contributed by atoms with Crippen molar-refractivity contribution in [3.63, 3.8) is 0 Å². The van der Waals surface area contributed by atoms with E-state index in [2.05, 4.69) is 4.90 Å². The second kappa shape index (κ2) is 10.6. The average Bonchev–Trinajstić information content (AvgIpc) is 2.81. The number of hydrogen-bond acceptors (Lipinski definition) is 3. The normalized spacial score (nSPS) is 14.4. The Morgan fingerprint density at radius 1 is 0.812 bits per heavy atom. The first kappa shape index (κ1) is 22.9. The minimum absolute atomic E-state index is 0.0569. The first-order chi connectivity index (χ1) is 15.5. The van der Waals surface area contributed by atoms with Crippen LogP contribution in [-0.4, -0.2) is 41.9 Å². The lowest BCUT2D eigenvalue weighted by Gasteiger charge is -2.34. The highest BCUT2D eigenvalue weighted by Gasteiger charge is 2.22. The topological polar surface area (TPSA) is 32.8 Å². The zero-order chi connectivity index (χ0) is 22.5. The summed E-state index contributed by atoms with van der Waals surface area (Å²) in [4.78, 5) is 17.1. The third-order valence-electron chi connectivity index (χ3n) is 5.45. The number of carbonyl (C=O) groups excluding carboxylic acids is 1. The van der Waals surface area contributed by atoms with Gasteiger partial charge in [-0.2, -0.15) is 0 Å². The molecular weight excluding hydrogens is 467 g/mol. The van der Waals surface area contributed by atoms with Crippen LogP contribution < -0.4 is 4.74 Å². The predicted octanol–water partition coefficient (Wildman–Crippen LogP) is 6.18. The number of benzene rings is 3. The van der Waals surface area contributed by atoms with Crippen LogP contribution in [0.5, 0.6) is 5.75 Å². The molecule has 1 saturated heterocycles. The van der Waals surface area contributed by atoms with Crippen LogP contribution in [0.2, 0.25) is 15.1 Å². The molecule has 1 fully saturated rings. The van der Waals surface area contributed by atoms with Gasteiger partial charge >= 0.3 is 0 Å². The minimum atomic E-state index is 0.0569. The van der Waals surface area contributed by atoms with Crippen molar-refractivity contribution in [2.45, 2.75) is 13.2 Å². The standard InChI is InChI=1S/C25H23Cl3N2O2/c26-21-2-1-3-22(15-21)32-17-18-4-7-20(8-5-18)25(31)30-12-10-29(11-13-30)16-19-6-9-23(27)24(28)14-19/h1-9,14-15H,10-13,16-17H2. The van der Waals surface area contributed by atoms with Crippen LogP contribution in [0, 0.1) is 0 Å². The minimum Gasteiger partial charge on any atom is -0.489 e. The summed E-state index contributed by atoms with van der Waals surface area (Å²) in [7, 11) is 0. The molecule has 0 atom stereocenters. The Kier molecular flexibility index (Phi) is 7.59. The Labute approximate surface area is 203 Å². The number of nitrogens with zero attached hydrogens (tertiary/aromatic N) is 2. The Balaban J connectivity index is 1.27. The molecule has 3 aromatic rings. The predicted molar refractivity (Wildman–Crippen MR) is 130 cm³/mol. The lowest BCUT2D eigenvalue weighted by atomic mass is 10.1. The zero-order valence-corrected chi connectivity index (χ0v) is 19.7. The largest absolute Gasteiger partial charge is 0.489 e. The molecule has 0 saturated carbocycles. The highest BCUT2D eigenvalue weighted by Crippen LogP contribution is 2.24. The molecule has 7 heteroatoms. The lowest BCUT2D eigenvalue weighted by Crippen LogP contribution is -2.48. The van der Waals surface area contributed by atoms with Gasteiger partial charge in [-0.25, -0.2) is 0 Å². The van der Waals surface area contributed by atoms with E-state index in [9.17, 15) is 4.79 Å². The fraction of sp³-hybridized carbons (Fsp3) is 0.240. The van der Waals surface area contributed by atoms with Crippen molar-refractivity contribution in [2.75, 3.05) is 26.2 Å². The molecule has 0 N–H and O–H groups in total. The van der Waals surface area contributed by atoms with Crippen molar-refractivity contribution in [1.29, 1.82) is 0 Å². The number of amides is 1. The van der Waals surface area contributed by atoms with E-state index in [1.54, 1.807) is 6.07 Å². The summed E-state index contributed by atoms with van der Waals surface area (Å²) in [5.41, 5.74) is 2.80. The van der Waals surface area contributed by atoms with E-state index in [0.717, 1.165) is 36.5 Å². The summed E-state index contributed by atoms with van der Waals surface area (Å²) in [6.45, 7) is 4.23. The molecule has 32 heavy (non-hydrogen) atoms. The Morgan fingerprint density at radius 2 is 1.53 bits per heavy atom. The van der Waals surface area contributed by atoms with E-state index < -0.39 is 0 Å². The van der Waals surface area contributed by atoms with Gasteiger partial charge in [-0.05, 0) is 53.6 Å². The number of carbonyl (C=O) groups is 1. The average molecular weight is 490 g/mol. The Bertz CT molecular complexity index is 1080. The summed E-state index contributed by atoms with van der Waals surface area (Å²) >= 11 is 18.1. The molecule has 0 radical (unpaired) electrons. The summed E-state index contributed by atoms with van der Waals surface area (Å²) < 4.78 is 5.76. The molecule has 1 amide bonds. The summed E-state index contributed by atoms with van der Waals surface area (Å²) in [6.07, 6.45) is 0. The van der Waals surface area contributed by atoms with E-state index >= 15 is 0 Å². The quantitative estimate of drug-likeness (QED) is 0.414. The molecule has 3 aromatic carbocycles. The molecule has 166 valence electrons. The number of ether oxygens (including phenoxy) is 1. The van der Waals surface area contributed by atoms with Crippen molar-refractivity contribution in [2.24, 2.45) is 0 Å². The van der Waals surface area contributed by atoms with Crippen molar-refractivity contribution in [1.82, 2.24) is 9.80 Å². The van der Waals surface area contributed by atoms with Crippen LogP contribution >= 0.6 is 34.8 Å². The number of halogens is 3. The third-order valence-corrected chi connectivity index (χ3v) is 6.43. The first-order valence-corrected chi connectivity index (χ1v) is 11.5. The van der Waals surface area contributed by atoms with Crippen LogP contribution in [0.15, 0.2) is 66.7 Å². The molecule has 0 aliphatic carbocycles. The van der Waals surface area contributed by atoms with Gasteiger partial charge in [-0.1, -0.05) is 59.1 Å². The maximum Gasteiger partial charge on any atom is 0.253 e. The summed E-state index contributed by atoms with van der Waals surface area (Å²) in [5.74, 6) is 0.776. The summed E-state index contributed by atoms with van der Waals surface area (Å²) in [5, 5.41) is 1.77. The lowest BCUT2D eigenvalue weighted by molar-refractivity contribution is 0.0628. The second-order valence-corrected chi connectivity index (χ2v) is 9.01. The summed E-state index contributed by atoms with van der Waals surface area (Å²) in [6, 6.07) is 20.6. The highest BCUT2D eigenvalue weighted by molar-refractivity contribution is 6.42. The molecule has 1 aliphatic heterocycles. The second-order valence-electron chi connectivity index (χ2n) is 7.76. The van der Waals surface area contributed by atoms with E-state index in [1.807, 2.05) is 65.6 Å². The molecule has 0 spiro atoms.